The van der Waals surface area contributed by atoms with Crippen molar-refractivity contribution >= 4 is 5.96 Å². The average Bonchev–Trinajstić information content (AvgIpc) is 3.39. The van der Waals surface area contributed by atoms with E-state index in [0.717, 1.165) is 57.3 Å². The molecule has 1 aromatic carbocycles. The second kappa shape index (κ2) is 9.78. The molecule has 3 rings (SSSR count). The number of hydrogen-bond donors (Lipinski definition) is 2. The topological polar surface area (TPSA) is 58.1 Å². The molecule has 0 aromatic heterocycles. The van der Waals surface area contributed by atoms with Crippen molar-refractivity contribution in [1.82, 2.24) is 15.5 Å². The highest BCUT2D eigenvalue weighted by Crippen LogP contribution is 2.26. The van der Waals surface area contributed by atoms with Gasteiger partial charge in [-0.15, -0.1) is 0 Å². The van der Waals surface area contributed by atoms with E-state index in [2.05, 4.69) is 32.7 Å². The Bertz CT molecular complexity index is 564. The summed E-state index contributed by atoms with van der Waals surface area (Å²) in [5.41, 5.74) is 1.31. The molecule has 0 saturated carbocycles. The van der Waals surface area contributed by atoms with Gasteiger partial charge in [-0.25, -0.2) is 0 Å². The van der Waals surface area contributed by atoms with Crippen LogP contribution in [0.25, 0.3) is 0 Å². The molecule has 6 heteroatoms. The summed E-state index contributed by atoms with van der Waals surface area (Å²) in [6, 6.07) is 8.77. The summed E-state index contributed by atoms with van der Waals surface area (Å²) in [7, 11) is 3.53. The van der Waals surface area contributed by atoms with Gasteiger partial charge in [0, 0.05) is 26.7 Å². The van der Waals surface area contributed by atoms with Crippen molar-refractivity contribution in [2.75, 3.05) is 46.9 Å². The Morgan fingerprint density at radius 2 is 2.00 bits per heavy atom. The van der Waals surface area contributed by atoms with Crippen LogP contribution in [0.5, 0.6) is 5.75 Å². The molecular weight excluding hydrogens is 328 g/mol. The highest BCUT2D eigenvalue weighted by molar-refractivity contribution is 5.79. The van der Waals surface area contributed by atoms with Crippen molar-refractivity contribution in [2.45, 2.75) is 37.8 Å². The number of nitrogens with one attached hydrogen (secondary N) is 2. The predicted octanol–water partition coefficient (Wildman–Crippen LogP) is 2.18. The molecule has 2 aliphatic heterocycles. The lowest BCUT2D eigenvalue weighted by Gasteiger charge is -2.29. The Balaban J connectivity index is 1.58. The number of aliphatic imine (C=N–C) groups is 1. The summed E-state index contributed by atoms with van der Waals surface area (Å²) in [5, 5.41) is 6.91. The third kappa shape index (κ3) is 5.11. The molecule has 144 valence electrons. The van der Waals surface area contributed by atoms with Crippen molar-refractivity contribution < 1.29 is 9.47 Å². The van der Waals surface area contributed by atoms with Crippen molar-refractivity contribution in [2.24, 2.45) is 4.99 Å². The minimum atomic E-state index is 0.310. The Kier molecular flexibility index (Phi) is 7.14. The van der Waals surface area contributed by atoms with Gasteiger partial charge in [-0.1, -0.05) is 12.1 Å². The molecule has 0 aliphatic carbocycles. The number of likely N-dealkylation sites (tertiary alicyclic amines) is 1. The number of guanidine groups is 1. The summed E-state index contributed by atoms with van der Waals surface area (Å²) in [5.74, 6) is 1.74. The Morgan fingerprint density at radius 3 is 2.62 bits per heavy atom. The molecule has 2 atom stereocenters. The zero-order valence-corrected chi connectivity index (χ0v) is 16.0. The molecule has 2 fully saturated rings. The maximum atomic E-state index is 5.68. The maximum absolute atomic E-state index is 5.68. The molecule has 2 aliphatic rings. The van der Waals surface area contributed by atoms with Crippen LogP contribution in [0.3, 0.4) is 0 Å². The molecule has 2 saturated heterocycles. The fourth-order valence-corrected chi connectivity index (χ4v) is 3.77. The Hall–Kier alpha value is -1.79. The van der Waals surface area contributed by atoms with Gasteiger partial charge >= 0.3 is 0 Å². The summed E-state index contributed by atoms with van der Waals surface area (Å²) >= 11 is 0. The standard InChI is InChI=1S/C20H32N4O2/c1-21-20(22-14-18-6-5-13-26-18)23-15-19(24-11-3-4-12-24)16-7-9-17(25-2)10-8-16/h7-10,18-19H,3-6,11-15H2,1-2H3,(H2,21,22,23). The third-order valence-electron chi connectivity index (χ3n) is 5.29. The molecule has 0 spiro atoms. The molecular formula is C20H32N4O2. The number of nitrogens with zero attached hydrogens (tertiary/aromatic N) is 2. The van der Waals surface area contributed by atoms with E-state index in [0.29, 0.717) is 12.1 Å². The van der Waals surface area contributed by atoms with E-state index >= 15 is 0 Å². The van der Waals surface area contributed by atoms with E-state index in [1.807, 2.05) is 19.2 Å². The first kappa shape index (κ1) is 19.0. The lowest BCUT2D eigenvalue weighted by molar-refractivity contribution is 0.113. The van der Waals surface area contributed by atoms with Crippen LogP contribution >= 0.6 is 0 Å². The molecule has 2 N–H and O–H groups in total. The highest BCUT2D eigenvalue weighted by atomic mass is 16.5. The van der Waals surface area contributed by atoms with Gasteiger partial charge in [-0.2, -0.15) is 0 Å². The lowest BCUT2D eigenvalue weighted by Crippen LogP contribution is -2.44. The summed E-state index contributed by atoms with van der Waals surface area (Å²) in [6.45, 7) is 4.83. The lowest BCUT2D eigenvalue weighted by atomic mass is 10.1. The van der Waals surface area contributed by atoms with Crippen molar-refractivity contribution in [3.63, 3.8) is 0 Å². The quantitative estimate of drug-likeness (QED) is 0.577. The van der Waals surface area contributed by atoms with Crippen molar-refractivity contribution in [3.05, 3.63) is 29.8 Å². The Morgan fingerprint density at radius 1 is 1.23 bits per heavy atom. The maximum Gasteiger partial charge on any atom is 0.191 e. The van der Waals surface area contributed by atoms with Crippen LogP contribution in [0.4, 0.5) is 0 Å². The summed E-state index contributed by atoms with van der Waals surface area (Å²) < 4.78 is 11.0. The molecule has 6 nitrogen and oxygen atoms in total. The first-order valence-corrected chi connectivity index (χ1v) is 9.74. The Labute approximate surface area is 157 Å². The van der Waals surface area contributed by atoms with Crippen LogP contribution in [-0.2, 0) is 4.74 Å². The number of methoxy groups -OCH3 is 1. The fraction of sp³-hybridized carbons (Fsp3) is 0.650. The van der Waals surface area contributed by atoms with Crippen molar-refractivity contribution in [3.8, 4) is 5.75 Å². The normalized spacial score (nSPS) is 22.4. The monoisotopic (exact) mass is 360 g/mol. The summed E-state index contributed by atoms with van der Waals surface area (Å²) in [4.78, 5) is 6.93. The SMILES string of the molecule is CN=C(NCC1CCCO1)NCC(c1ccc(OC)cc1)N1CCCC1. The van der Waals surface area contributed by atoms with Gasteiger partial charge in [-0.05, 0) is 56.5 Å². The highest BCUT2D eigenvalue weighted by Gasteiger charge is 2.24. The predicted molar refractivity (Wildman–Crippen MR) is 105 cm³/mol. The van der Waals surface area contributed by atoms with Crippen LogP contribution in [-0.4, -0.2) is 63.9 Å². The number of hydrogen-bond acceptors (Lipinski definition) is 4. The molecule has 26 heavy (non-hydrogen) atoms. The van der Waals surface area contributed by atoms with Gasteiger partial charge < -0.3 is 20.1 Å². The van der Waals surface area contributed by atoms with Crippen LogP contribution in [0.2, 0.25) is 0 Å². The second-order valence-electron chi connectivity index (χ2n) is 7.00. The fourth-order valence-electron chi connectivity index (χ4n) is 3.77. The van der Waals surface area contributed by atoms with Gasteiger partial charge in [0.1, 0.15) is 5.75 Å². The number of benzene rings is 1. The molecule has 2 heterocycles. The van der Waals surface area contributed by atoms with Gasteiger partial charge in [0.05, 0.1) is 19.3 Å². The van der Waals surface area contributed by atoms with Gasteiger partial charge in [-0.3, -0.25) is 9.89 Å². The van der Waals surface area contributed by atoms with E-state index in [9.17, 15) is 0 Å². The first-order valence-electron chi connectivity index (χ1n) is 9.74. The van der Waals surface area contributed by atoms with Crippen LogP contribution in [0.15, 0.2) is 29.3 Å². The van der Waals surface area contributed by atoms with E-state index in [-0.39, 0.29) is 0 Å². The molecule has 1 aromatic rings. The van der Waals surface area contributed by atoms with Gasteiger partial charge in [0.25, 0.3) is 0 Å². The number of ether oxygens (including phenoxy) is 2. The van der Waals surface area contributed by atoms with E-state index in [4.69, 9.17) is 9.47 Å². The average molecular weight is 361 g/mol. The summed E-state index contributed by atoms with van der Waals surface area (Å²) in [6.07, 6.45) is 5.15. The first-order chi connectivity index (χ1) is 12.8. The largest absolute Gasteiger partial charge is 0.497 e. The van der Waals surface area contributed by atoms with Crippen LogP contribution in [0, 0.1) is 0 Å². The van der Waals surface area contributed by atoms with Crippen molar-refractivity contribution in [1.29, 1.82) is 0 Å². The second-order valence-corrected chi connectivity index (χ2v) is 7.00. The third-order valence-corrected chi connectivity index (χ3v) is 5.29. The van der Waals surface area contributed by atoms with E-state index in [1.54, 1.807) is 7.11 Å². The minimum absolute atomic E-state index is 0.310. The zero-order chi connectivity index (χ0) is 18.2. The minimum Gasteiger partial charge on any atom is -0.497 e. The molecule has 0 bridgehead atoms. The molecule has 2 unspecified atom stereocenters. The van der Waals surface area contributed by atoms with E-state index < -0.39 is 0 Å². The van der Waals surface area contributed by atoms with E-state index in [1.165, 1.54) is 18.4 Å². The molecule has 0 amide bonds. The van der Waals surface area contributed by atoms with Crippen LogP contribution in [0.1, 0.15) is 37.3 Å². The smallest absolute Gasteiger partial charge is 0.191 e. The molecule has 0 radical (unpaired) electrons. The zero-order valence-electron chi connectivity index (χ0n) is 16.0. The van der Waals surface area contributed by atoms with Gasteiger partial charge in [0.2, 0.25) is 0 Å². The van der Waals surface area contributed by atoms with Crippen LogP contribution < -0.4 is 15.4 Å². The number of rotatable bonds is 7. The van der Waals surface area contributed by atoms with Gasteiger partial charge in [0.15, 0.2) is 5.96 Å².